The molecule has 1 aromatic rings. The van der Waals surface area contributed by atoms with Gasteiger partial charge in [-0.15, -0.1) is 11.6 Å². The molecule has 1 unspecified atom stereocenters. The van der Waals surface area contributed by atoms with Gasteiger partial charge in [0.05, 0.1) is 5.69 Å². The van der Waals surface area contributed by atoms with Gasteiger partial charge >= 0.3 is 0 Å². The van der Waals surface area contributed by atoms with Gasteiger partial charge in [-0.1, -0.05) is 0 Å². The normalized spacial score (nSPS) is 12.3. The number of carbonyl (C=O) groups is 1. The van der Waals surface area contributed by atoms with Crippen molar-refractivity contribution in [2.75, 3.05) is 5.32 Å². The van der Waals surface area contributed by atoms with E-state index >= 15 is 0 Å². The number of halogens is 3. The van der Waals surface area contributed by atoms with E-state index in [1.165, 1.54) is 6.92 Å². The number of amides is 1. The fourth-order valence-corrected chi connectivity index (χ4v) is 0.878. The second kappa shape index (κ2) is 4.37. The van der Waals surface area contributed by atoms with Crippen molar-refractivity contribution >= 4 is 23.2 Å². The maximum absolute atomic E-state index is 13.0. The summed E-state index contributed by atoms with van der Waals surface area (Å²) in [4.78, 5) is 11.0. The first kappa shape index (κ1) is 10.9. The molecule has 1 rings (SSSR count). The summed E-state index contributed by atoms with van der Waals surface area (Å²) in [7, 11) is 0. The molecule has 1 amide bonds. The molecule has 1 aromatic carbocycles. The lowest BCUT2D eigenvalue weighted by molar-refractivity contribution is -0.115. The quantitative estimate of drug-likeness (QED) is 0.761. The number of nitrogens with one attached hydrogen (secondary N) is 1. The van der Waals surface area contributed by atoms with Crippen LogP contribution in [0.2, 0.25) is 0 Å². The molecule has 0 fully saturated rings. The zero-order chi connectivity index (χ0) is 10.7. The Labute approximate surface area is 84.9 Å². The summed E-state index contributed by atoms with van der Waals surface area (Å²) in [6, 6.07) is 2.88. The van der Waals surface area contributed by atoms with Crippen LogP contribution >= 0.6 is 11.6 Å². The van der Waals surface area contributed by atoms with Gasteiger partial charge in [-0.05, 0) is 19.1 Å². The predicted octanol–water partition coefficient (Wildman–Crippen LogP) is 2.53. The van der Waals surface area contributed by atoms with Gasteiger partial charge in [0.25, 0.3) is 0 Å². The van der Waals surface area contributed by atoms with Crippen molar-refractivity contribution in [2.45, 2.75) is 12.3 Å². The maximum atomic E-state index is 13.0. The standard InChI is InChI=1S/C9H8ClF2NO/c1-5(10)9(14)13-8-3-2-6(11)4-7(8)12/h2-5H,1H3,(H,13,14). The molecular weight excluding hydrogens is 212 g/mol. The Morgan fingerprint density at radius 2 is 2.14 bits per heavy atom. The number of alkyl halides is 1. The summed E-state index contributed by atoms with van der Waals surface area (Å²) in [5.41, 5.74) is -0.0797. The second-order valence-corrected chi connectivity index (χ2v) is 3.38. The largest absolute Gasteiger partial charge is 0.322 e. The molecule has 0 radical (unpaired) electrons. The van der Waals surface area contributed by atoms with Gasteiger partial charge in [-0.25, -0.2) is 8.78 Å². The Kier molecular flexibility index (Phi) is 3.41. The molecule has 0 aliphatic heterocycles. The highest BCUT2D eigenvalue weighted by Gasteiger charge is 2.11. The van der Waals surface area contributed by atoms with Crippen LogP contribution in [0.25, 0.3) is 0 Å². The van der Waals surface area contributed by atoms with Crippen LogP contribution in [0.3, 0.4) is 0 Å². The number of benzene rings is 1. The Morgan fingerprint density at radius 1 is 1.50 bits per heavy atom. The molecule has 0 aliphatic carbocycles. The van der Waals surface area contributed by atoms with Crippen molar-refractivity contribution in [3.63, 3.8) is 0 Å². The highest BCUT2D eigenvalue weighted by molar-refractivity contribution is 6.32. The third-order valence-corrected chi connectivity index (χ3v) is 1.75. The van der Waals surface area contributed by atoms with E-state index < -0.39 is 22.9 Å². The van der Waals surface area contributed by atoms with Gasteiger partial charge in [0, 0.05) is 6.07 Å². The van der Waals surface area contributed by atoms with E-state index in [2.05, 4.69) is 5.32 Å². The third-order valence-electron chi connectivity index (χ3n) is 1.55. The fraction of sp³-hybridized carbons (Fsp3) is 0.222. The van der Waals surface area contributed by atoms with Crippen molar-refractivity contribution in [3.05, 3.63) is 29.8 Å². The lowest BCUT2D eigenvalue weighted by atomic mass is 10.3. The summed E-state index contributed by atoms with van der Waals surface area (Å²) in [5.74, 6) is -2.05. The highest BCUT2D eigenvalue weighted by Crippen LogP contribution is 2.15. The fourth-order valence-electron chi connectivity index (χ4n) is 0.823. The van der Waals surface area contributed by atoms with E-state index in [1.54, 1.807) is 0 Å². The molecule has 0 heterocycles. The first-order valence-corrected chi connectivity index (χ1v) is 4.34. The Balaban J connectivity index is 2.82. The monoisotopic (exact) mass is 219 g/mol. The molecule has 1 atom stereocenters. The lowest BCUT2D eigenvalue weighted by Gasteiger charge is -2.06. The maximum Gasteiger partial charge on any atom is 0.242 e. The zero-order valence-corrected chi connectivity index (χ0v) is 8.11. The second-order valence-electron chi connectivity index (χ2n) is 2.73. The van der Waals surface area contributed by atoms with Crippen molar-refractivity contribution in [2.24, 2.45) is 0 Å². The van der Waals surface area contributed by atoms with Gasteiger partial charge in [0.1, 0.15) is 17.0 Å². The molecule has 0 aromatic heterocycles. The van der Waals surface area contributed by atoms with E-state index in [9.17, 15) is 13.6 Å². The Bertz CT molecular complexity index is 355. The summed E-state index contributed by atoms with van der Waals surface area (Å²) < 4.78 is 25.4. The molecule has 0 spiro atoms. The van der Waals surface area contributed by atoms with E-state index in [1.807, 2.05) is 0 Å². The summed E-state index contributed by atoms with van der Waals surface area (Å²) in [6.07, 6.45) is 0. The molecule has 2 nitrogen and oxygen atoms in total. The van der Waals surface area contributed by atoms with Crippen LogP contribution in [0.4, 0.5) is 14.5 Å². The molecule has 0 saturated carbocycles. The summed E-state index contributed by atoms with van der Waals surface area (Å²) >= 11 is 5.45. The Hall–Kier alpha value is -1.16. The Morgan fingerprint density at radius 3 is 2.64 bits per heavy atom. The van der Waals surface area contributed by atoms with Crippen molar-refractivity contribution in [1.29, 1.82) is 0 Å². The molecule has 1 N–H and O–H groups in total. The van der Waals surface area contributed by atoms with E-state index in [0.717, 1.165) is 12.1 Å². The van der Waals surface area contributed by atoms with Gasteiger partial charge in [-0.2, -0.15) is 0 Å². The van der Waals surface area contributed by atoms with Crippen LogP contribution in [0.5, 0.6) is 0 Å². The topological polar surface area (TPSA) is 29.1 Å². The number of carbonyl (C=O) groups excluding carboxylic acids is 1. The first-order valence-electron chi connectivity index (χ1n) is 3.90. The van der Waals surface area contributed by atoms with Gasteiger partial charge in [0.15, 0.2) is 0 Å². The highest BCUT2D eigenvalue weighted by atomic mass is 35.5. The molecule has 76 valence electrons. The number of hydrogen-bond donors (Lipinski definition) is 1. The van der Waals surface area contributed by atoms with Crippen molar-refractivity contribution < 1.29 is 13.6 Å². The van der Waals surface area contributed by atoms with Gasteiger partial charge < -0.3 is 5.32 Å². The van der Waals surface area contributed by atoms with E-state index in [0.29, 0.717) is 6.07 Å². The molecule has 0 bridgehead atoms. The molecule has 0 aliphatic rings. The van der Waals surface area contributed by atoms with Crippen LogP contribution in [0.15, 0.2) is 18.2 Å². The number of anilines is 1. The van der Waals surface area contributed by atoms with Gasteiger partial charge in [0.2, 0.25) is 5.91 Å². The minimum absolute atomic E-state index is 0.0797. The lowest BCUT2D eigenvalue weighted by Crippen LogP contribution is -2.20. The van der Waals surface area contributed by atoms with Crippen LogP contribution in [-0.4, -0.2) is 11.3 Å². The van der Waals surface area contributed by atoms with E-state index in [-0.39, 0.29) is 5.69 Å². The average molecular weight is 220 g/mol. The number of hydrogen-bond acceptors (Lipinski definition) is 1. The van der Waals surface area contributed by atoms with Crippen LogP contribution < -0.4 is 5.32 Å². The summed E-state index contributed by atoms with van der Waals surface area (Å²) in [5, 5.41) is 1.46. The average Bonchev–Trinajstić information content (AvgIpc) is 2.09. The smallest absolute Gasteiger partial charge is 0.242 e. The van der Waals surface area contributed by atoms with Crippen LogP contribution in [0.1, 0.15) is 6.92 Å². The number of rotatable bonds is 2. The molecular formula is C9H8ClF2NO. The molecule has 14 heavy (non-hydrogen) atoms. The summed E-state index contributed by atoms with van der Waals surface area (Å²) in [6.45, 7) is 1.46. The van der Waals surface area contributed by atoms with Gasteiger partial charge in [-0.3, -0.25) is 4.79 Å². The minimum Gasteiger partial charge on any atom is -0.322 e. The minimum atomic E-state index is -0.823. The van der Waals surface area contributed by atoms with E-state index in [4.69, 9.17) is 11.6 Å². The van der Waals surface area contributed by atoms with Crippen molar-refractivity contribution in [3.8, 4) is 0 Å². The first-order chi connectivity index (χ1) is 6.50. The predicted molar refractivity (Wildman–Crippen MR) is 50.3 cm³/mol. The molecule has 5 heteroatoms. The third kappa shape index (κ3) is 2.67. The van der Waals surface area contributed by atoms with Crippen LogP contribution in [0, 0.1) is 11.6 Å². The van der Waals surface area contributed by atoms with Crippen molar-refractivity contribution in [1.82, 2.24) is 0 Å². The van der Waals surface area contributed by atoms with Crippen LogP contribution in [-0.2, 0) is 4.79 Å². The zero-order valence-electron chi connectivity index (χ0n) is 7.35. The SMILES string of the molecule is CC(Cl)C(=O)Nc1ccc(F)cc1F. The molecule has 0 saturated heterocycles.